The van der Waals surface area contributed by atoms with Crippen LogP contribution in [0.2, 0.25) is 0 Å². The minimum atomic E-state index is 0.506. The van der Waals surface area contributed by atoms with Crippen molar-refractivity contribution in [3.8, 4) is 5.75 Å². The average Bonchev–Trinajstić information content (AvgIpc) is 2.49. The second-order valence-electron chi connectivity index (χ2n) is 5.25. The van der Waals surface area contributed by atoms with E-state index in [-0.39, 0.29) is 0 Å². The molecule has 3 aromatic rings. The van der Waals surface area contributed by atoms with Crippen LogP contribution in [0, 0.1) is 13.8 Å². The van der Waals surface area contributed by atoms with Crippen LogP contribution < -0.4 is 10.5 Å². The molecule has 106 valence electrons. The van der Waals surface area contributed by atoms with Crippen molar-refractivity contribution in [1.82, 2.24) is 4.98 Å². The van der Waals surface area contributed by atoms with Crippen LogP contribution in [0.1, 0.15) is 16.7 Å². The molecule has 0 radical (unpaired) electrons. The number of hydrogen-bond acceptors (Lipinski definition) is 3. The molecule has 0 amide bonds. The Bertz CT molecular complexity index is 791. The Kier molecular flexibility index (Phi) is 3.48. The van der Waals surface area contributed by atoms with Gasteiger partial charge in [-0.3, -0.25) is 4.98 Å². The molecule has 0 spiro atoms. The molecule has 2 aromatic carbocycles. The van der Waals surface area contributed by atoms with Crippen molar-refractivity contribution in [2.45, 2.75) is 20.5 Å². The van der Waals surface area contributed by atoms with E-state index in [4.69, 9.17) is 10.5 Å². The lowest BCUT2D eigenvalue weighted by molar-refractivity contribution is 0.305. The van der Waals surface area contributed by atoms with Gasteiger partial charge in [0.25, 0.3) is 0 Å². The molecule has 3 rings (SSSR count). The maximum absolute atomic E-state index is 5.96. The van der Waals surface area contributed by atoms with Crippen molar-refractivity contribution < 1.29 is 4.74 Å². The number of ether oxygens (including phenoxy) is 1. The Morgan fingerprint density at radius 2 is 1.86 bits per heavy atom. The number of nitrogen functional groups attached to an aromatic ring is 1. The molecule has 21 heavy (non-hydrogen) atoms. The molecule has 3 heteroatoms. The number of fused-ring (bicyclic) bond motifs is 1. The molecule has 0 aliphatic carbocycles. The van der Waals surface area contributed by atoms with Gasteiger partial charge in [-0.15, -0.1) is 0 Å². The van der Waals surface area contributed by atoms with Crippen LogP contribution in [-0.2, 0) is 6.61 Å². The largest absolute Gasteiger partial charge is 0.489 e. The summed E-state index contributed by atoms with van der Waals surface area (Å²) < 4.78 is 5.96. The Hall–Kier alpha value is -2.55. The van der Waals surface area contributed by atoms with E-state index < -0.39 is 0 Å². The molecule has 0 unspecified atom stereocenters. The summed E-state index contributed by atoms with van der Waals surface area (Å²) in [4.78, 5) is 4.36. The summed E-state index contributed by atoms with van der Waals surface area (Å²) >= 11 is 0. The molecular formula is C18H18N2O. The summed E-state index contributed by atoms with van der Waals surface area (Å²) in [5, 5.41) is 1.12. The highest BCUT2D eigenvalue weighted by molar-refractivity contribution is 5.81. The standard InChI is InChI=1S/C18H18N2O/c1-12-9-13(2)18(10-16(12)19)21-11-14-7-8-20-17-6-4-3-5-15(14)17/h3-10H,11,19H2,1-2H3. The van der Waals surface area contributed by atoms with Crippen molar-refractivity contribution in [2.24, 2.45) is 0 Å². The molecule has 1 aromatic heterocycles. The smallest absolute Gasteiger partial charge is 0.124 e. The zero-order chi connectivity index (χ0) is 14.8. The molecule has 0 fully saturated rings. The van der Waals surface area contributed by atoms with E-state index in [1.165, 1.54) is 0 Å². The highest BCUT2D eigenvalue weighted by atomic mass is 16.5. The van der Waals surface area contributed by atoms with E-state index in [9.17, 15) is 0 Å². The lowest BCUT2D eigenvalue weighted by Gasteiger charge is -2.12. The van der Waals surface area contributed by atoms with Gasteiger partial charge in [0, 0.05) is 28.9 Å². The number of aromatic nitrogens is 1. The lowest BCUT2D eigenvalue weighted by Crippen LogP contribution is -2.00. The number of rotatable bonds is 3. The van der Waals surface area contributed by atoms with Gasteiger partial charge < -0.3 is 10.5 Å². The number of nitrogens with two attached hydrogens (primary N) is 1. The molecule has 0 aliphatic rings. The summed E-state index contributed by atoms with van der Waals surface area (Å²) in [6, 6.07) is 14.0. The van der Waals surface area contributed by atoms with Crippen molar-refractivity contribution in [3.63, 3.8) is 0 Å². The van der Waals surface area contributed by atoms with Crippen molar-refractivity contribution in [3.05, 3.63) is 65.4 Å². The van der Waals surface area contributed by atoms with Crippen LogP contribution >= 0.6 is 0 Å². The molecule has 1 heterocycles. The van der Waals surface area contributed by atoms with Crippen molar-refractivity contribution in [2.75, 3.05) is 5.73 Å². The fraction of sp³-hybridized carbons (Fsp3) is 0.167. The van der Waals surface area contributed by atoms with Crippen LogP contribution in [0.5, 0.6) is 5.75 Å². The molecule has 0 saturated carbocycles. The Balaban J connectivity index is 1.89. The zero-order valence-corrected chi connectivity index (χ0v) is 12.3. The summed E-state index contributed by atoms with van der Waals surface area (Å²) in [5.41, 5.74) is 11.0. The zero-order valence-electron chi connectivity index (χ0n) is 12.3. The summed E-state index contributed by atoms with van der Waals surface area (Å²) in [6.07, 6.45) is 1.82. The predicted octanol–water partition coefficient (Wildman–Crippen LogP) is 4.01. The van der Waals surface area contributed by atoms with Gasteiger partial charge in [-0.2, -0.15) is 0 Å². The van der Waals surface area contributed by atoms with Crippen LogP contribution in [0.3, 0.4) is 0 Å². The maximum atomic E-state index is 5.96. The Labute approximate surface area is 124 Å². The van der Waals surface area contributed by atoms with Crippen LogP contribution in [0.25, 0.3) is 10.9 Å². The first-order chi connectivity index (χ1) is 10.1. The van der Waals surface area contributed by atoms with E-state index in [0.29, 0.717) is 6.61 Å². The van der Waals surface area contributed by atoms with Crippen LogP contribution in [0.15, 0.2) is 48.7 Å². The van der Waals surface area contributed by atoms with Crippen LogP contribution in [-0.4, -0.2) is 4.98 Å². The minimum Gasteiger partial charge on any atom is -0.489 e. The third-order valence-electron chi connectivity index (χ3n) is 3.69. The minimum absolute atomic E-state index is 0.506. The molecule has 2 N–H and O–H groups in total. The highest BCUT2D eigenvalue weighted by Crippen LogP contribution is 2.26. The molecule has 0 aliphatic heterocycles. The van der Waals surface area contributed by atoms with E-state index in [0.717, 1.165) is 39.0 Å². The number of nitrogens with zero attached hydrogens (tertiary/aromatic N) is 1. The van der Waals surface area contributed by atoms with Crippen molar-refractivity contribution >= 4 is 16.6 Å². The van der Waals surface area contributed by atoms with Gasteiger partial charge in [-0.05, 0) is 37.1 Å². The topological polar surface area (TPSA) is 48.1 Å². The van der Waals surface area contributed by atoms with Gasteiger partial charge in [0.1, 0.15) is 12.4 Å². The van der Waals surface area contributed by atoms with E-state index in [1.807, 2.05) is 50.4 Å². The second kappa shape index (κ2) is 5.44. The third kappa shape index (κ3) is 2.68. The first kappa shape index (κ1) is 13.4. The third-order valence-corrected chi connectivity index (χ3v) is 3.69. The van der Waals surface area contributed by atoms with Gasteiger partial charge in [0.15, 0.2) is 0 Å². The molecule has 0 atom stereocenters. The van der Waals surface area contributed by atoms with Gasteiger partial charge in [-0.1, -0.05) is 24.3 Å². The summed E-state index contributed by atoms with van der Waals surface area (Å²) in [6.45, 7) is 4.54. The molecular weight excluding hydrogens is 260 g/mol. The number of anilines is 1. The molecule has 0 saturated heterocycles. The number of hydrogen-bond donors (Lipinski definition) is 1. The number of pyridine rings is 1. The number of aryl methyl sites for hydroxylation is 2. The Morgan fingerprint density at radius 3 is 2.71 bits per heavy atom. The molecule has 0 bridgehead atoms. The lowest BCUT2D eigenvalue weighted by atomic mass is 10.1. The first-order valence-corrected chi connectivity index (χ1v) is 6.97. The second-order valence-corrected chi connectivity index (χ2v) is 5.25. The van der Waals surface area contributed by atoms with Crippen molar-refractivity contribution in [1.29, 1.82) is 0 Å². The average molecular weight is 278 g/mol. The van der Waals surface area contributed by atoms with Gasteiger partial charge >= 0.3 is 0 Å². The number of para-hydroxylation sites is 1. The predicted molar refractivity (Wildman–Crippen MR) is 86.4 cm³/mol. The van der Waals surface area contributed by atoms with Gasteiger partial charge in [-0.25, -0.2) is 0 Å². The van der Waals surface area contributed by atoms with E-state index >= 15 is 0 Å². The van der Waals surface area contributed by atoms with E-state index in [2.05, 4.69) is 17.1 Å². The van der Waals surface area contributed by atoms with Crippen LogP contribution in [0.4, 0.5) is 5.69 Å². The van der Waals surface area contributed by atoms with E-state index in [1.54, 1.807) is 0 Å². The highest BCUT2D eigenvalue weighted by Gasteiger charge is 2.06. The maximum Gasteiger partial charge on any atom is 0.124 e. The monoisotopic (exact) mass is 278 g/mol. The summed E-state index contributed by atoms with van der Waals surface area (Å²) in [7, 11) is 0. The molecule has 3 nitrogen and oxygen atoms in total. The SMILES string of the molecule is Cc1cc(C)c(OCc2ccnc3ccccc23)cc1N. The first-order valence-electron chi connectivity index (χ1n) is 6.97. The quantitative estimate of drug-likeness (QED) is 0.736. The fourth-order valence-electron chi connectivity index (χ4n) is 2.44. The number of benzene rings is 2. The van der Waals surface area contributed by atoms with Gasteiger partial charge in [0.05, 0.1) is 5.52 Å². The Morgan fingerprint density at radius 1 is 1.05 bits per heavy atom. The van der Waals surface area contributed by atoms with Gasteiger partial charge in [0.2, 0.25) is 0 Å². The normalized spacial score (nSPS) is 10.8. The fourth-order valence-corrected chi connectivity index (χ4v) is 2.44. The summed E-state index contributed by atoms with van der Waals surface area (Å²) in [5.74, 6) is 0.832.